The monoisotopic (exact) mass is 307 g/mol. The molecule has 1 fully saturated rings. The van der Waals surface area contributed by atoms with Crippen molar-refractivity contribution in [3.8, 4) is 11.5 Å². The van der Waals surface area contributed by atoms with Gasteiger partial charge in [0, 0.05) is 19.6 Å². The van der Waals surface area contributed by atoms with Crippen LogP contribution in [-0.2, 0) is 11.3 Å². The lowest BCUT2D eigenvalue weighted by Gasteiger charge is -2.21. The number of carbonyl (C=O) groups is 2. The zero-order chi connectivity index (χ0) is 16.1. The largest absolute Gasteiger partial charge is 0.504 e. The summed E-state index contributed by atoms with van der Waals surface area (Å²) in [5.74, 6) is 0.154. The summed E-state index contributed by atoms with van der Waals surface area (Å²) >= 11 is 0. The van der Waals surface area contributed by atoms with Gasteiger partial charge in [0.15, 0.2) is 11.5 Å². The van der Waals surface area contributed by atoms with Crippen LogP contribution in [0.3, 0.4) is 0 Å². The average molecular weight is 307 g/mol. The molecule has 22 heavy (non-hydrogen) atoms. The second-order valence-electron chi connectivity index (χ2n) is 5.27. The third-order valence-corrected chi connectivity index (χ3v) is 3.52. The lowest BCUT2D eigenvalue weighted by Crippen LogP contribution is -2.43. The minimum atomic E-state index is -0.507. The molecular formula is C15H21N3O4. The van der Waals surface area contributed by atoms with Crippen LogP contribution in [0.4, 0.5) is 4.79 Å². The Morgan fingerprint density at radius 3 is 2.73 bits per heavy atom. The molecule has 1 saturated carbocycles. The molecule has 7 heteroatoms. The highest BCUT2D eigenvalue weighted by Gasteiger charge is 2.30. The van der Waals surface area contributed by atoms with Gasteiger partial charge >= 0.3 is 6.03 Å². The first-order valence-corrected chi connectivity index (χ1v) is 7.15. The van der Waals surface area contributed by atoms with Gasteiger partial charge in [-0.25, -0.2) is 4.79 Å². The maximum atomic E-state index is 11.8. The predicted molar refractivity (Wildman–Crippen MR) is 80.7 cm³/mol. The van der Waals surface area contributed by atoms with Crippen LogP contribution in [0.15, 0.2) is 18.2 Å². The van der Waals surface area contributed by atoms with Crippen LogP contribution in [0.5, 0.6) is 11.5 Å². The molecule has 1 aliphatic carbocycles. The van der Waals surface area contributed by atoms with E-state index in [-0.39, 0.29) is 18.2 Å². The van der Waals surface area contributed by atoms with E-state index < -0.39 is 6.03 Å². The summed E-state index contributed by atoms with van der Waals surface area (Å²) in [6.07, 6.45) is 2.09. The normalized spacial score (nSPS) is 13.8. The van der Waals surface area contributed by atoms with Gasteiger partial charge in [0.05, 0.1) is 13.7 Å². The van der Waals surface area contributed by atoms with Crippen molar-refractivity contribution in [3.05, 3.63) is 23.8 Å². The summed E-state index contributed by atoms with van der Waals surface area (Å²) in [6.45, 7) is 0.712. The number of phenols is 1. The first kappa shape index (κ1) is 16.1. The van der Waals surface area contributed by atoms with E-state index in [9.17, 15) is 14.7 Å². The van der Waals surface area contributed by atoms with Crippen molar-refractivity contribution in [3.63, 3.8) is 0 Å². The van der Waals surface area contributed by atoms with Crippen molar-refractivity contribution in [1.29, 1.82) is 0 Å². The molecular weight excluding hydrogens is 286 g/mol. The number of hydrogen-bond donors (Lipinski definition) is 3. The number of urea groups is 1. The number of aromatic hydroxyl groups is 1. The number of nitrogens with zero attached hydrogens (tertiary/aromatic N) is 1. The Kier molecular flexibility index (Phi) is 5.21. The molecule has 0 heterocycles. The molecule has 3 N–H and O–H groups in total. The summed E-state index contributed by atoms with van der Waals surface area (Å²) in [6, 6.07) is 4.97. The quantitative estimate of drug-likeness (QED) is 0.724. The lowest BCUT2D eigenvalue weighted by molar-refractivity contribution is -0.121. The van der Waals surface area contributed by atoms with Gasteiger partial charge in [0.1, 0.15) is 0 Å². The lowest BCUT2D eigenvalue weighted by atomic mass is 10.2. The molecule has 3 amide bonds. The molecule has 1 aromatic rings. The first-order chi connectivity index (χ1) is 10.5. The van der Waals surface area contributed by atoms with Gasteiger partial charge in [0.2, 0.25) is 5.91 Å². The summed E-state index contributed by atoms with van der Waals surface area (Å²) in [4.78, 5) is 25.0. The first-order valence-electron chi connectivity index (χ1n) is 7.15. The van der Waals surface area contributed by atoms with Crippen molar-refractivity contribution in [1.82, 2.24) is 15.5 Å². The number of carbonyl (C=O) groups excluding carboxylic acids is 2. The van der Waals surface area contributed by atoms with Gasteiger partial charge in [-0.3, -0.25) is 15.0 Å². The summed E-state index contributed by atoms with van der Waals surface area (Å²) < 4.78 is 5.09. The van der Waals surface area contributed by atoms with E-state index in [1.807, 2.05) is 4.90 Å². The molecule has 0 saturated heterocycles. The Bertz CT molecular complexity index is 558. The highest BCUT2D eigenvalue weighted by atomic mass is 16.5. The molecule has 0 aliphatic heterocycles. The number of ether oxygens (including phenoxy) is 1. The highest BCUT2D eigenvalue weighted by molar-refractivity contribution is 5.95. The third-order valence-electron chi connectivity index (χ3n) is 3.52. The number of phenolic OH excluding ortho intramolecular Hbond substituents is 1. The zero-order valence-electron chi connectivity index (χ0n) is 12.8. The number of imide groups is 1. The minimum absolute atomic E-state index is 0.0848. The van der Waals surface area contributed by atoms with Gasteiger partial charge < -0.3 is 15.2 Å². The molecule has 0 bridgehead atoms. The molecule has 0 aromatic heterocycles. The SMILES string of the molecule is CNC(=O)NC(=O)CN(Cc1ccc(O)c(OC)c1)C1CC1. The molecule has 7 nitrogen and oxygen atoms in total. The molecule has 0 radical (unpaired) electrons. The molecule has 0 atom stereocenters. The minimum Gasteiger partial charge on any atom is -0.504 e. The fourth-order valence-corrected chi connectivity index (χ4v) is 2.22. The Hall–Kier alpha value is -2.28. The van der Waals surface area contributed by atoms with Crippen LogP contribution in [0.25, 0.3) is 0 Å². The Morgan fingerprint density at radius 1 is 1.41 bits per heavy atom. The Balaban J connectivity index is 2.00. The van der Waals surface area contributed by atoms with Crippen molar-refractivity contribution in [2.45, 2.75) is 25.4 Å². The average Bonchev–Trinajstić information content (AvgIpc) is 3.32. The van der Waals surface area contributed by atoms with Gasteiger partial charge in [-0.05, 0) is 30.5 Å². The highest BCUT2D eigenvalue weighted by Crippen LogP contribution is 2.30. The van der Waals surface area contributed by atoms with Crippen molar-refractivity contribution >= 4 is 11.9 Å². The smallest absolute Gasteiger partial charge is 0.321 e. The van der Waals surface area contributed by atoms with E-state index >= 15 is 0 Å². The molecule has 0 spiro atoms. The van der Waals surface area contributed by atoms with E-state index in [0.717, 1.165) is 18.4 Å². The van der Waals surface area contributed by atoms with Crippen LogP contribution in [0, 0.1) is 0 Å². The van der Waals surface area contributed by atoms with Gasteiger partial charge in [-0.1, -0.05) is 6.07 Å². The molecule has 0 unspecified atom stereocenters. The predicted octanol–water partition coefficient (Wildman–Crippen LogP) is 0.821. The second-order valence-corrected chi connectivity index (χ2v) is 5.27. The number of rotatable bonds is 6. The van der Waals surface area contributed by atoms with E-state index in [2.05, 4.69) is 10.6 Å². The Labute approximate surface area is 129 Å². The molecule has 1 aliphatic rings. The molecule has 120 valence electrons. The van der Waals surface area contributed by atoms with E-state index in [0.29, 0.717) is 18.3 Å². The fourth-order valence-electron chi connectivity index (χ4n) is 2.22. The van der Waals surface area contributed by atoms with Gasteiger partial charge in [-0.15, -0.1) is 0 Å². The standard InChI is InChI=1S/C15H21N3O4/c1-16-15(21)17-14(20)9-18(11-4-5-11)8-10-3-6-12(19)13(7-10)22-2/h3,6-7,11,19H,4-5,8-9H2,1-2H3,(H2,16,17,20,21). The number of hydrogen-bond acceptors (Lipinski definition) is 5. The number of amides is 3. The van der Waals surface area contributed by atoms with Gasteiger partial charge in [-0.2, -0.15) is 0 Å². The van der Waals surface area contributed by atoms with Crippen LogP contribution >= 0.6 is 0 Å². The number of benzene rings is 1. The topological polar surface area (TPSA) is 90.9 Å². The van der Waals surface area contributed by atoms with Gasteiger partial charge in [0.25, 0.3) is 0 Å². The van der Waals surface area contributed by atoms with Crippen LogP contribution in [0.1, 0.15) is 18.4 Å². The summed E-state index contributed by atoms with van der Waals surface area (Å²) in [7, 11) is 2.96. The number of methoxy groups -OCH3 is 1. The second kappa shape index (κ2) is 7.13. The van der Waals surface area contributed by atoms with Crippen molar-refractivity contribution < 1.29 is 19.4 Å². The summed E-state index contributed by atoms with van der Waals surface area (Å²) in [5.41, 5.74) is 0.939. The van der Waals surface area contributed by atoms with E-state index in [4.69, 9.17) is 4.74 Å². The zero-order valence-corrected chi connectivity index (χ0v) is 12.8. The third kappa shape index (κ3) is 4.36. The van der Waals surface area contributed by atoms with Crippen LogP contribution in [0.2, 0.25) is 0 Å². The van der Waals surface area contributed by atoms with E-state index in [1.165, 1.54) is 14.2 Å². The molecule has 2 rings (SSSR count). The molecule has 1 aromatic carbocycles. The van der Waals surface area contributed by atoms with Crippen molar-refractivity contribution in [2.24, 2.45) is 0 Å². The van der Waals surface area contributed by atoms with E-state index in [1.54, 1.807) is 18.2 Å². The Morgan fingerprint density at radius 2 is 2.14 bits per heavy atom. The van der Waals surface area contributed by atoms with Crippen LogP contribution < -0.4 is 15.4 Å². The maximum Gasteiger partial charge on any atom is 0.321 e. The fraction of sp³-hybridized carbons (Fsp3) is 0.467. The van der Waals surface area contributed by atoms with Crippen LogP contribution in [-0.4, -0.2) is 48.7 Å². The van der Waals surface area contributed by atoms with Crippen molar-refractivity contribution in [2.75, 3.05) is 20.7 Å². The number of nitrogens with one attached hydrogen (secondary N) is 2. The maximum absolute atomic E-state index is 11.8. The summed E-state index contributed by atoms with van der Waals surface area (Å²) in [5, 5.41) is 14.2.